The molecule has 4 heteroatoms. The van der Waals surface area contributed by atoms with Crippen LogP contribution in [0.25, 0.3) is 0 Å². The number of ether oxygens (including phenoxy) is 1. The predicted molar refractivity (Wildman–Crippen MR) is 96.0 cm³/mol. The van der Waals surface area contributed by atoms with Crippen LogP contribution in [-0.2, 0) is 16.1 Å². The number of rotatable bonds is 5. The number of ketones is 1. The van der Waals surface area contributed by atoms with Crippen LogP contribution < -0.4 is 0 Å². The van der Waals surface area contributed by atoms with Crippen molar-refractivity contribution in [2.45, 2.75) is 44.9 Å². The fraction of sp³-hybridized carbons (Fsp3) is 0.333. The van der Waals surface area contributed by atoms with Crippen molar-refractivity contribution < 1.29 is 14.3 Å². The second kappa shape index (κ2) is 7.97. The molecule has 130 valence electrons. The van der Waals surface area contributed by atoms with Crippen molar-refractivity contribution in [3.8, 4) is 0 Å². The summed E-state index contributed by atoms with van der Waals surface area (Å²) in [6.07, 6.45) is 1.70. The van der Waals surface area contributed by atoms with E-state index in [2.05, 4.69) is 0 Å². The van der Waals surface area contributed by atoms with Crippen molar-refractivity contribution in [3.05, 3.63) is 71.8 Å². The average Bonchev–Trinajstić information content (AvgIpc) is 3.04. The van der Waals surface area contributed by atoms with E-state index in [0.29, 0.717) is 6.42 Å². The molecule has 0 N–H and O–H groups in total. The first-order valence-electron chi connectivity index (χ1n) is 8.68. The van der Waals surface area contributed by atoms with Crippen LogP contribution in [0.3, 0.4) is 0 Å². The van der Waals surface area contributed by atoms with Crippen LogP contribution in [0.15, 0.2) is 60.7 Å². The van der Waals surface area contributed by atoms with Crippen molar-refractivity contribution in [2.24, 2.45) is 0 Å². The molecule has 1 aliphatic heterocycles. The Bertz CT molecular complexity index is 714. The van der Waals surface area contributed by atoms with E-state index in [4.69, 9.17) is 4.74 Å². The summed E-state index contributed by atoms with van der Waals surface area (Å²) in [6.45, 7) is 1.81. The van der Waals surface area contributed by atoms with Crippen molar-refractivity contribution in [1.29, 1.82) is 0 Å². The molecule has 0 spiro atoms. The highest BCUT2D eigenvalue weighted by atomic mass is 16.6. The molecule has 2 aromatic rings. The van der Waals surface area contributed by atoms with Gasteiger partial charge >= 0.3 is 6.09 Å². The summed E-state index contributed by atoms with van der Waals surface area (Å²) in [5.74, 6) is 0.0968. The Labute approximate surface area is 148 Å². The van der Waals surface area contributed by atoms with Gasteiger partial charge in [-0.05, 0) is 30.9 Å². The number of hydrogen-bond donors (Lipinski definition) is 0. The Kier molecular flexibility index (Phi) is 5.49. The molecule has 1 heterocycles. The largest absolute Gasteiger partial charge is 0.445 e. The summed E-state index contributed by atoms with van der Waals surface area (Å²) < 4.78 is 5.55. The van der Waals surface area contributed by atoms with Crippen LogP contribution in [0.5, 0.6) is 0 Å². The maximum Gasteiger partial charge on any atom is 0.410 e. The van der Waals surface area contributed by atoms with Crippen molar-refractivity contribution in [3.63, 3.8) is 0 Å². The fourth-order valence-corrected chi connectivity index (χ4v) is 3.49. The van der Waals surface area contributed by atoms with E-state index >= 15 is 0 Å². The number of nitrogens with zero attached hydrogens (tertiary/aromatic N) is 1. The van der Waals surface area contributed by atoms with Gasteiger partial charge in [0.15, 0.2) is 0 Å². The van der Waals surface area contributed by atoms with Gasteiger partial charge in [-0.15, -0.1) is 0 Å². The monoisotopic (exact) mass is 337 g/mol. The predicted octanol–water partition coefficient (Wildman–Crippen LogP) is 4.51. The quantitative estimate of drug-likeness (QED) is 0.806. The lowest BCUT2D eigenvalue weighted by Gasteiger charge is -2.29. The molecule has 1 fully saturated rings. The fourth-order valence-electron chi connectivity index (χ4n) is 3.49. The third kappa shape index (κ3) is 4.27. The maximum absolute atomic E-state index is 12.8. The van der Waals surface area contributed by atoms with Crippen LogP contribution in [0.2, 0.25) is 0 Å². The lowest BCUT2D eigenvalue weighted by Crippen LogP contribution is -2.38. The molecule has 1 aliphatic rings. The number of carbonyl (C=O) groups is 2. The SMILES string of the molecule is CC(=O)C[C@H]1CC[C@H](c2ccccc2)N1C(=O)OCc1ccccc1. The van der Waals surface area contributed by atoms with Crippen molar-refractivity contribution >= 4 is 11.9 Å². The van der Waals surface area contributed by atoms with Crippen LogP contribution in [-0.4, -0.2) is 22.8 Å². The third-order valence-electron chi connectivity index (χ3n) is 4.63. The second-order valence-electron chi connectivity index (χ2n) is 6.51. The van der Waals surface area contributed by atoms with Gasteiger partial charge in [-0.25, -0.2) is 4.79 Å². The number of benzene rings is 2. The van der Waals surface area contributed by atoms with Gasteiger partial charge in [0.05, 0.1) is 6.04 Å². The van der Waals surface area contributed by atoms with E-state index in [1.807, 2.05) is 60.7 Å². The molecule has 25 heavy (non-hydrogen) atoms. The minimum Gasteiger partial charge on any atom is -0.445 e. The molecule has 0 aromatic heterocycles. The first-order valence-corrected chi connectivity index (χ1v) is 8.68. The number of amides is 1. The van der Waals surface area contributed by atoms with Gasteiger partial charge in [-0.3, -0.25) is 9.69 Å². The molecule has 1 saturated heterocycles. The topological polar surface area (TPSA) is 46.6 Å². The van der Waals surface area contributed by atoms with Crippen LogP contribution in [0.4, 0.5) is 4.79 Å². The highest BCUT2D eigenvalue weighted by Crippen LogP contribution is 2.38. The zero-order valence-corrected chi connectivity index (χ0v) is 14.4. The smallest absolute Gasteiger partial charge is 0.410 e. The average molecular weight is 337 g/mol. The lowest BCUT2D eigenvalue weighted by atomic mass is 10.0. The van der Waals surface area contributed by atoms with E-state index in [1.165, 1.54) is 0 Å². The van der Waals surface area contributed by atoms with Gasteiger partial charge < -0.3 is 4.74 Å². The van der Waals surface area contributed by atoms with Gasteiger partial charge in [0.2, 0.25) is 0 Å². The van der Waals surface area contributed by atoms with Gasteiger partial charge in [-0.2, -0.15) is 0 Å². The molecule has 0 bridgehead atoms. The molecule has 2 atom stereocenters. The number of carbonyl (C=O) groups excluding carboxylic acids is 2. The molecule has 3 rings (SSSR count). The highest BCUT2D eigenvalue weighted by molar-refractivity contribution is 5.77. The van der Waals surface area contributed by atoms with Crippen molar-refractivity contribution in [2.75, 3.05) is 0 Å². The number of hydrogen-bond acceptors (Lipinski definition) is 3. The zero-order valence-electron chi connectivity index (χ0n) is 14.4. The minimum atomic E-state index is -0.346. The molecule has 0 radical (unpaired) electrons. The summed E-state index contributed by atoms with van der Waals surface area (Å²) in [5, 5.41) is 0. The minimum absolute atomic E-state index is 0.0335. The summed E-state index contributed by atoms with van der Waals surface area (Å²) in [4.78, 5) is 26.2. The van der Waals surface area contributed by atoms with Gasteiger partial charge in [0.25, 0.3) is 0 Å². The summed E-state index contributed by atoms with van der Waals surface area (Å²) in [6, 6.07) is 19.5. The van der Waals surface area contributed by atoms with E-state index in [0.717, 1.165) is 24.0 Å². The molecule has 0 aliphatic carbocycles. The zero-order chi connectivity index (χ0) is 17.6. The molecular formula is C21H23NO3. The van der Waals surface area contributed by atoms with E-state index in [9.17, 15) is 9.59 Å². The van der Waals surface area contributed by atoms with Crippen LogP contribution in [0.1, 0.15) is 43.4 Å². The lowest BCUT2D eigenvalue weighted by molar-refractivity contribution is -0.117. The summed E-state index contributed by atoms with van der Waals surface area (Å²) >= 11 is 0. The molecule has 1 amide bonds. The third-order valence-corrected chi connectivity index (χ3v) is 4.63. The van der Waals surface area contributed by atoms with Gasteiger partial charge in [0, 0.05) is 12.5 Å². The van der Waals surface area contributed by atoms with Crippen LogP contribution in [0, 0.1) is 0 Å². The Balaban J connectivity index is 1.76. The van der Waals surface area contributed by atoms with E-state index in [-0.39, 0.29) is 30.6 Å². The Morgan fingerprint density at radius 3 is 2.28 bits per heavy atom. The van der Waals surface area contributed by atoms with Crippen molar-refractivity contribution in [1.82, 2.24) is 4.90 Å². The van der Waals surface area contributed by atoms with E-state index in [1.54, 1.807) is 11.8 Å². The molecule has 0 saturated carbocycles. The standard InChI is InChI=1S/C21H23NO3/c1-16(23)14-19-12-13-20(18-10-6-3-7-11-18)22(19)21(24)25-15-17-8-4-2-5-9-17/h2-11,19-20H,12-15H2,1H3/t19-,20-/m1/s1. The van der Waals surface area contributed by atoms with Gasteiger partial charge in [-0.1, -0.05) is 60.7 Å². The first kappa shape index (κ1) is 17.2. The Morgan fingerprint density at radius 2 is 1.64 bits per heavy atom. The van der Waals surface area contributed by atoms with Crippen LogP contribution >= 0.6 is 0 Å². The first-order chi connectivity index (χ1) is 12.1. The number of likely N-dealkylation sites (tertiary alicyclic amines) is 1. The summed E-state index contributed by atoms with van der Waals surface area (Å²) in [7, 11) is 0. The maximum atomic E-state index is 12.8. The Hall–Kier alpha value is -2.62. The highest BCUT2D eigenvalue weighted by Gasteiger charge is 2.39. The summed E-state index contributed by atoms with van der Waals surface area (Å²) in [5.41, 5.74) is 2.04. The second-order valence-corrected chi connectivity index (χ2v) is 6.51. The number of Topliss-reactive ketones (excluding diaryl/α,β-unsaturated/α-hetero) is 1. The van der Waals surface area contributed by atoms with E-state index < -0.39 is 0 Å². The van der Waals surface area contributed by atoms with Gasteiger partial charge in [0.1, 0.15) is 12.4 Å². The molecule has 0 unspecified atom stereocenters. The normalized spacial score (nSPS) is 19.6. The molecule has 2 aromatic carbocycles. The molecular weight excluding hydrogens is 314 g/mol. The molecule has 4 nitrogen and oxygen atoms in total. The Morgan fingerprint density at radius 1 is 1.00 bits per heavy atom.